The highest BCUT2D eigenvalue weighted by Gasteiger charge is 2.27. The van der Waals surface area contributed by atoms with E-state index >= 15 is 0 Å². The molecular formula is C14H18BrNO3. The Balaban J connectivity index is 2.88. The number of carbonyl (C=O) groups excluding carboxylic acids is 2. The first-order valence-electron chi connectivity index (χ1n) is 6.14. The molecule has 5 heteroatoms. The third-order valence-electron chi connectivity index (χ3n) is 3.07. The molecule has 0 bridgehead atoms. The van der Waals surface area contributed by atoms with Crippen LogP contribution in [0, 0.1) is 5.92 Å². The largest absolute Gasteiger partial charge is 0.467 e. The van der Waals surface area contributed by atoms with Gasteiger partial charge in [0.2, 0.25) is 0 Å². The molecular weight excluding hydrogens is 310 g/mol. The average molecular weight is 328 g/mol. The second-order valence-electron chi connectivity index (χ2n) is 4.34. The first kappa shape index (κ1) is 15.7. The molecule has 1 rings (SSSR count). The predicted octanol–water partition coefficient (Wildman–Crippen LogP) is 2.77. The van der Waals surface area contributed by atoms with Crippen LogP contribution in [0.4, 0.5) is 0 Å². The van der Waals surface area contributed by atoms with Crippen LogP contribution in [0.2, 0.25) is 0 Å². The van der Waals surface area contributed by atoms with Crippen LogP contribution in [-0.2, 0) is 9.53 Å². The molecule has 1 amide bonds. The molecule has 0 heterocycles. The molecule has 0 aliphatic heterocycles. The summed E-state index contributed by atoms with van der Waals surface area (Å²) in [5.41, 5.74) is 0.500. The number of hydrogen-bond donors (Lipinski definition) is 1. The van der Waals surface area contributed by atoms with Crippen LogP contribution in [0.1, 0.15) is 30.6 Å². The molecule has 0 fully saturated rings. The highest BCUT2D eigenvalue weighted by molar-refractivity contribution is 9.10. The van der Waals surface area contributed by atoms with Gasteiger partial charge in [-0.15, -0.1) is 0 Å². The number of rotatable bonds is 5. The topological polar surface area (TPSA) is 55.4 Å². The summed E-state index contributed by atoms with van der Waals surface area (Å²) in [6.45, 7) is 3.87. The van der Waals surface area contributed by atoms with Crippen molar-refractivity contribution in [1.82, 2.24) is 5.32 Å². The predicted molar refractivity (Wildman–Crippen MR) is 76.9 cm³/mol. The van der Waals surface area contributed by atoms with Gasteiger partial charge in [0, 0.05) is 4.47 Å². The molecule has 1 N–H and O–H groups in total. The monoisotopic (exact) mass is 327 g/mol. The van der Waals surface area contributed by atoms with Crippen LogP contribution in [0.3, 0.4) is 0 Å². The molecule has 0 spiro atoms. The van der Waals surface area contributed by atoms with Gasteiger partial charge in [-0.05, 0) is 34.0 Å². The van der Waals surface area contributed by atoms with Crippen LogP contribution in [0.25, 0.3) is 0 Å². The van der Waals surface area contributed by atoms with Gasteiger partial charge in [0.25, 0.3) is 5.91 Å². The third kappa shape index (κ3) is 4.06. The fraction of sp³-hybridized carbons (Fsp3) is 0.429. The van der Waals surface area contributed by atoms with Crippen molar-refractivity contribution in [3.63, 3.8) is 0 Å². The molecule has 1 aromatic carbocycles. The zero-order valence-electron chi connectivity index (χ0n) is 11.3. The Labute approximate surface area is 121 Å². The normalized spacial score (nSPS) is 13.5. The van der Waals surface area contributed by atoms with E-state index in [1.165, 1.54) is 7.11 Å². The van der Waals surface area contributed by atoms with E-state index in [2.05, 4.69) is 21.2 Å². The van der Waals surface area contributed by atoms with Crippen molar-refractivity contribution in [2.45, 2.75) is 26.3 Å². The molecule has 0 saturated heterocycles. The van der Waals surface area contributed by atoms with Gasteiger partial charge in [0.1, 0.15) is 6.04 Å². The molecule has 2 unspecified atom stereocenters. The molecule has 2 atom stereocenters. The fourth-order valence-electron chi connectivity index (χ4n) is 1.66. The van der Waals surface area contributed by atoms with E-state index in [1.807, 2.05) is 19.9 Å². The van der Waals surface area contributed by atoms with E-state index in [1.54, 1.807) is 18.2 Å². The van der Waals surface area contributed by atoms with Crippen molar-refractivity contribution in [2.75, 3.05) is 7.11 Å². The van der Waals surface area contributed by atoms with Crippen molar-refractivity contribution >= 4 is 27.8 Å². The lowest BCUT2D eigenvalue weighted by Crippen LogP contribution is -2.45. The van der Waals surface area contributed by atoms with Crippen LogP contribution >= 0.6 is 15.9 Å². The lowest BCUT2D eigenvalue weighted by Gasteiger charge is -2.22. The highest BCUT2D eigenvalue weighted by atomic mass is 79.9. The summed E-state index contributed by atoms with van der Waals surface area (Å²) in [5.74, 6) is -0.697. The van der Waals surface area contributed by atoms with E-state index in [0.29, 0.717) is 10.0 Å². The summed E-state index contributed by atoms with van der Waals surface area (Å²) < 4.78 is 5.43. The van der Waals surface area contributed by atoms with E-state index < -0.39 is 12.0 Å². The first-order valence-corrected chi connectivity index (χ1v) is 6.93. The number of ether oxygens (including phenoxy) is 1. The highest BCUT2D eigenvalue weighted by Crippen LogP contribution is 2.17. The second kappa shape index (κ2) is 7.28. The molecule has 0 aromatic heterocycles. The summed E-state index contributed by atoms with van der Waals surface area (Å²) in [6.07, 6.45) is 0.774. The molecule has 0 aliphatic rings. The molecule has 0 saturated carbocycles. The summed E-state index contributed by atoms with van der Waals surface area (Å²) in [7, 11) is 1.32. The van der Waals surface area contributed by atoms with Crippen molar-refractivity contribution in [3.05, 3.63) is 34.3 Å². The minimum Gasteiger partial charge on any atom is -0.467 e. The van der Waals surface area contributed by atoms with E-state index in [-0.39, 0.29) is 11.8 Å². The van der Waals surface area contributed by atoms with Crippen molar-refractivity contribution in [3.8, 4) is 0 Å². The number of amides is 1. The summed E-state index contributed by atoms with van der Waals surface area (Å²) in [4.78, 5) is 23.9. The molecule has 19 heavy (non-hydrogen) atoms. The molecule has 0 radical (unpaired) electrons. The Kier molecular flexibility index (Phi) is 6.02. The van der Waals surface area contributed by atoms with Gasteiger partial charge >= 0.3 is 5.97 Å². The maximum Gasteiger partial charge on any atom is 0.328 e. The maximum absolute atomic E-state index is 12.2. The van der Waals surface area contributed by atoms with Crippen LogP contribution in [-0.4, -0.2) is 25.0 Å². The number of esters is 1. The Morgan fingerprint density at radius 1 is 1.37 bits per heavy atom. The minimum atomic E-state index is -0.630. The summed E-state index contributed by atoms with van der Waals surface area (Å²) in [6, 6.07) is 6.45. The number of benzene rings is 1. The summed E-state index contributed by atoms with van der Waals surface area (Å²) in [5, 5.41) is 2.73. The first-order chi connectivity index (χ1) is 9.01. The van der Waals surface area contributed by atoms with Gasteiger partial charge in [0.15, 0.2) is 0 Å². The van der Waals surface area contributed by atoms with Crippen molar-refractivity contribution in [1.29, 1.82) is 0 Å². The lowest BCUT2D eigenvalue weighted by atomic mass is 9.99. The number of halogens is 1. The Morgan fingerprint density at radius 3 is 2.53 bits per heavy atom. The van der Waals surface area contributed by atoms with Crippen LogP contribution in [0.15, 0.2) is 28.7 Å². The quantitative estimate of drug-likeness (QED) is 0.846. The zero-order valence-corrected chi connectivity index (χ0v) is 12.9. The lowest BCUT2D eigenvalue weighted by molar-refractivity contribution is -0.144. The van der Waals surface area contributed by atoms with Crippen LogP contribution in [0.5, 0.6) is 0 Å². The fourth-order valence-corrected chi connectivity index (χ4v) is 2.13. The zero-order chi connectivity index (χ0) is 14.4. The van der Waals surface area contributed by atoms with E-state index in [4.69, 9.17) is 4.74 Å². The van der Waals surface area contributed by atoms with Gasteiger partial charge in [-0.2, -0.15) is 0 Å². The van der Waals surface area contributed by atoms with Gasteiger partial charge in [0.05, 0.1) is 12.7 Å². The Bertz CT molecular complexity index is 462. The van der Waals surface area contributed by atoms with E-state index in [9.17, 15) is 9.59 Å². The molecule has 0 aliphatic carbocycles. The third-order valence-corrected chi connectivity index (χ3v) is 3.76. The number of hydrogen-bond acceptors (Lipinski definition) is 3. The number of nitrogens with one attached hydrogen (secondary N) is 1. The minimum absolute atomic E-state index is 0.0129. The smallest absolute Gasteiger partial charge is 0.328 e. The van der Waals surface area contributed by atoms with Crippen LogP contribution < -0.4 is 5.32 Å². The molecule has 1 aromatic rings. The number of methoxy groups -OCH3 is 1. The van der Waals surface area contributed by atoms with E-state index in [0.717, 1.165) is 6.42 Å². The summed E-state index contributed by atoms with van der Waals surface area (Å²) >= 11 is 3.32. The Morgan fingerprint density at radius 2 is 2.00 bits per heavy atom. The second-order valence-corrected chi connectivity index (χ2v) is 5.19. The molecule has 104 valence electrons. The standard InChI is InChI=1S/C14H18BrNO3/c1-4-9(2)12(14(18)19-3)16-13(17)10-7-5-6-8-11(10)15/h5-9,12H,4H2,1-3H3,(H,16,17). The molecule has 4 nitrogen and oxygen atoms in total. The van der Waals surface area contributed by atoms with Crippen molar-refractivity contribution in [2.24, 2.45) is 5.92 Å². The van der Waals surface area contributed by atoms with Crippen molar-refractivity contribution < 1.29 is 14.3 Å². The van der Waals surface area contributed by atoms with Gasteiger partial charge in [-0.1, -0.05) is 32.4 Å². The van der Waals surface area contributed by atoms with Gasteiger partial charge < -0.3 is 10.1 Å². The SMILES string of the molecule is CCC(C)C(NC(=O)c1ccccc1Br)C(=O)OC. The van der Waals surface area contributed by atoms with Gasteiger partial charge in [-0.25, -0.2) is 4.79 Å². The maximum atomic E-state index is 12.2. The average Bonchev–Trinajstić information content (AvgIpc) is 2.43. The Hall–Kier alpha value is -1.36. The van der Waals surface area contributed by atoms with Gasteiger partial charge in [-0.3, -0.25) is 4.79 Å². The number of carbonyl (C=O) groups is 2.